The number of nitrogens with one attached hydrogen (secondary N) is 1. The third-order valence-electron chi connectivity index (χ3n) is 4.79. The highest BCUT2D eigenvalue weighted by molar-refractivity contribution is 5.15. The van der Waals surface area contributed by atoms with Gasteiger partial charge in [-0.1, -0.05) is 39.3 Å². The number of hydrogen-bond acceptors (Lipinski definition) is 2. The lowest BCUT2D eigenvalue weighted by Gasteiger charge is -2.38. The van der Waals surface area contributed by atoms with Gasteiger partial charge in [-0.3, -0.25) is 4.90 Å². The normalized spacial score (nSPS) is 30.6. The van der Waals surface area contributed by atoms with E-state index in [0.29, 0.717) is 11.0 Å². The Morgan fingerprint density at radius 2 is 2.17 bits per heavy atom. The second-order valence-electron chi connectivity index (χ2n) is 7.13. The van der Waals surface area contributed by atoms with E-state index in [1.807, 2.05) is 0 Å². The van der Waals surface area contributed by atoms with E-state index in [2.05, 4.69) is 44.0 Å². The second kappa shape index (κ2) is 5.34. The standard InChI is InChI=1S/C16H30N2/c1-5-16(9-6-10-17-16)13-18-11-7-14(8-12-18)15(2,3)4/h7,17H,5-6,8-13H2,1-4H3. The van der Waals surface area contributed by atoms with Gasteiger partial charge >= 0.3 is 0 Å². The molecule has 1 atom stereocenters. The Bertz CT molecular complexity index is 306. The lowest BCUT2D eigenvalue weighted by molar-refractivity contribution is 0.193. The van der Waals surface area contributed by atoms with Crippen molar-refractivity contribution >= 4 is 0 Å². The fourth-order valence-corrected chi connectivity index (χ4v) is 3.38. The van der Waals surface area contributed by atoms with E-state index < -0.39 is 0 Å². The minimum Gasteiger partial charge on any atom is -0.310 e. The number of hydrogen-bond donors (Lipinski definition) is 1. The van der Waals surface area contributed by atoms with Crippen molar-refractivity contribution in [3.05, 3.63) is 11.6 Å². The van der Waals surface area contributed by atoms with Gasteiger partial charge in [0.15, 0.2) is 0 Å². The first-order valence-corrected chi connectivity index (χ1v) is 7.62. The molecular weight excluding hydrogens is 220 g/mol. The molecule has 18 heavy (non-hydrogen) atoms. The molecule has 2 heterocycles. The number of rotatable bonds is 3. The van der Waals surface area contributed by atoms with Crippen LogP contribution in [0.5, 0.6) is 0 Å². The van der Waals surface area contributed by atoms with Gasteiger partial charge in [-0.25, -0.2) is 0 Å². The monoisotopic (exact) mass is 250 g/mol. The molecule has 0 aromatic rings. The molecule has 0 aromatic heterocycles. The largest absolute Gasteiger partial charge is 0.310 e. The van der Waals surface area contributed by atoms with E-state index in [1.165, 1.54) is 45.3 Å². The quantitative estimate of drug-likeness (QED) is 0.774. The van der Waals surface area contributed by atoms with Crippen molar-refractivity contribution in [3.63, 3.8) is 0 Å². The average molecular weight is 250 g/mol. The van der Waals surface area contributed by atoms with Gasteiger partial charge in [0.1, 0.15) is 0 Å². The highest BCUT2D eigenvalue weighted by atomic mass is 15.2. The maximum absolute atomic E-state index is 3.75. The van der Waals surface area contributed by atoms with Crippen LogP contribution in [0.3, 0.4) is 0 Å². The summed E-state index contributed by atoms with van der Waals surface area (Å²) in [4.78, 5) is 2.64. The Labute approximate surface area is 113 Å². The molecule has 2 rings (SSSR count). The van der Waals surface area contributed by atoms with Crippen molar-refractivity contribution in [2.75, 3.05) is 26.2 Å². The molecule has 1 fully saturated rings. The highest BCUT2D eigenvalue weighted by Gasteiger charge is 2.34. The topological polar surface area (TPSA) is 15.3 Å². The minimum atomic E-state index is 0.361. The summed E-state index contributed by atoms with van der Waals surface area (Å²) in [7, 11) is 0. The first-order chi connectivity index (χ1) is 8.45. The first kappa shape index (κ1) is 14.1. The summed E-state index contributed by atoms with van der Waals surface area (Å²) in [5.41, 5.74) is 2.41. The van der Waals surface area contributed by atoms with Crippen molar-refractivity contribution < 1.29 is 0 Å². The van der Waals surface area contributed by atoms with Crippen molar-refractivity contribution in [1.29, 1.82) is 0 Å². The molecule has 0 aliphatic carbocycles. The van der Waals surface area contributed by atoms with Gasteiger partial charge in [-0.05, 0) is 37.6 Å². The summed E-state index contributed by atoms with van der Waals surface area (Å²) in [6.45, 7) is 14.2. The van der Waals surface area contributed by atoms with Crippen LogP contribution in [-0.4, -0.2) is 36.6 Å². The summed E-state index contributed by atoms with van der Waals surface area (Å²) in [5, 5.41) is 3.75. The van der Waals surface area contributed by atoms with Crippen LogP contribution in [0.15, 0.2) is 11.6 Å². The van der Waals surface area contributed by atoms with Gasteiger partial charge < -0.3 is 5.32 Å². The Morgan fingerprint density at radius 1 is 1.39 bits per heavy atom. The molecule has 0 aromatic carbocycles. The van der Waals surface area contributed by atoms with Gasteiger partial charge in [0, 0.05) is 25.2 Å². The third-order valence-corrected chi connectivity index (χ3v) is 4.79. The van der Waals surface area contributed by atoms with E-state index in [4.69, 9.17) is 0 Å². The van der Waals surface area contributed by atoms with E-state index in [9.17, 15) is 0 Å². The van der Waals surface area contributed by atoms with E-state index >= 15 is 0 Å². The van der Waals surface area contributed by atoms with Crippen LogP contribution in [0.2, 0.25) is 0 Å². The minimum absolute atomic E-state index is 0.361. The van der Waals surface area contributed by atoms with E-state index in [-0.39, 0.29) is 0 Å². The molecule has 0 bridgehead atoms. The van der Waals surface area contributed by atoms with Gasteiger partial charge in [-0.2, -0.15) is 0 Å². The fourth-order valence-electron chi connectivity index (χ4n) is 3.38. The van der Waals surface area contributed by atoms with E-state index in [1.54, 1.807) is 5.57 Å². The maximum atomic E-state index is 3.75. The molecule has 2 heteroatoms. The van der Waals surface area contributed by atoms with Crippen LogP contribution >= 0.6 is 0 Å². The Morgan fingerprint density at radius 3 is 2.61 bits per heavy atom. The fraction of sp³-hybridized carbons (Fsp3) is 0.875. The van der Waals surface area contributed by atoms with Gasteiger partial charge in [0.05, 0.1) is 0 Å². The maximum Gasteiger partial charge on any atom is 0.0306 e. The molecule has 2 nitrogen and oxygen atoms in total. The summed E-state index contributed by atoms with van der Waals surface area (Å²) in [6.07, 6.45) is 7.70. The highest BCUT2D eigenvalue weighted by Crippen LogP contribution is 2.31. The van der Waals surface area contributed by atoms with Crippen LogP contribution in [0.4, 0.5) is 0 Å². The molecule has 0 radical (unpaired) electrons. The Balaban J connectivity index is 1.92. The SMILES string of the molecule is CCC1(CN2CC=C(C(C)(C)C)CC2)CCCN1. The number of nitrogens with zero attached hydrogens (tertiary/aromatic N) is 1. The summed E-state index contributed by atoms with van der Waals surface area (Å²) in [6, 6.07) is 0. The van der Waals surface area contributed by atoms with Gasteiger partial charge in [0.25, 0.3) is 0 Å². The molecule has 2 aliphatic heterocycles. The van der Waals surface area contributed by atoms with Crippen molar-refractivity contribution in [2.24, 2.45) is 5.41 Å². The molecule has 0 amide bonds. The van der Waals surface area contributed by atoms with Crippen LogP contribution < -0.4 is 5.32 Å². The zero-order chi connectivity index (χ0) is 13.2. The molecule has 0 saturated carbocycles. The van der Waals surface area contributed by atoms with Gasteiger partial charge in [-0.15, -0.1) is 0 Å². The molecule has 1 N–H and O–H groups in total. The summed E-state index contributed by atoms with van der Waals surface area (Å²) in [5.74, 6) is 0. The second-order valence-corrected chi connectivity index (χ2v) is 7.13. The van der Waals surface area contributed by atoms with E-state index in [0.717, 1.165) is 6.54 Å². The van der Waals surface area contributed by atoms with Crippen LogP contribution in [0.25, 0.3) is 0 Å². The van der Waals surface area contributed by atoms with Crippen LogP contribution in [0.1, 0.15) is 53.4 Å². The van der Waals surface area contributed by atoms with Crippen molar-refractivity contribution in [2.45, 2.75) is 58.9 Å². The first-order valence-electron chi connectivity index (χ1n) is 7.62. The molecular formula is C16H30N2. The third kappa shape index (κ3) is 3.16. The molecule has 1 saturated heterocycles. The average Bonchev–Trinajstić information content (AvgIpc) is 2.78. The Kier molecular flexibility index (Phi) is 4.18. The zero-order valence-electron chi connectivity index (χ0n) is 12.7. The lowest BCUT2D eigenvalue weighted by Crippen LogP contribution is -2.50. The summed E-state index contributed by atoms with van der Waals surface area (Å²) >= 11 is 0. The smallest absolute Gasteiger partial charge is 0.0306 e. The zero-order valence-corrected chi connectivity index (χ0v) is 12.7. The molecule has 0 spiro atoms. The molecule has 104 valence electrons. The van der Waals surface area contributed by atoms with Crippen molar-refractivity contribution in [1.82, 2.24) is 10.2 Å². The Hall–Kier alpha value is -0.340. The summed E-state index contributed by atoms with van der Waals surface area (Å²) < 4.78 is 0. The molecule has 2 aliphatic rings. The van der Waals surface area contributed by atoms with Crippen LogP contribution in [-0.2, 0) is 0 Å². The van der Waals surface area contributed by atoms with Gasteiger partial charge in [0.2, 0.25) is 0 Å². The van der Waals surface area contributed by atoms with Crippen molar-refractivity contribution in [3.8, 4) is 0 Å². The predicted molar refractivity (Wildman–Crippen MR) is 78.9 cm³/mol. The van der Waals surface area contributed by atoms with Crippen LogP contribution in [0, 0.1) is 5.41 Å². The molecule has 1 unspecified atom stereocenters. The lowest BCUT2D eigenvalue weighted by atomic mass is 9.82. The predicted octanol–water partition coefficient (Wildman–Crippen LogP) is 3.20.